The van der Waals surface area contributed by atoms with Gasteiger partial charge in [0.05, 0.1) is 18.4 Å². The molecule has 0 aliphatic carbocycles. The second-order valence-electron chi connectivity index (χ2n) is 4.75. The molecule has 0 atom stereocenters. The summed E-state index contributed by atoms with van der Waals surface area (Å²) in [5.74, 6) is 0. The van der Waals surface area contributed by atoms with E-state index in [1.807, 2.05) is 7.05 Å². The second-order valence-corrected chi connectivity index (χ2v) is 5.81. The number of ether oxygens (including phenoxy) is 2. The lowest BCUT2D eigenvalue weighted by Gasteiger charge is -2.30. The van der Waals surface area contributed by atoms with E-state index in [-0.39, 0.29) is 0 Å². The fourth-order valence-electron chi connectivity index (χ4n) is 2.34. The van der Waals surface area contributed by atoms with Crippen molar-refractivity contribution in [2.75, 3.05) is 39.3 Å². The van der Waals surface area contributed by atoms with E-state index in [1.165, 1.54) is 4.88 Å². The van der Waals surface area contributed by atoms with Crippen LogP contribution in [0.3, 0.4) is 0 Å². The van der Waals surface area contributed by atoms with Crippen molar-refractivity contribution >= 4 is 16.5 Å². The molecule has 2 heterocycles. The van der Waals surface area contributed by atoms with Gasteiger partial charge in [-0.2, -0.15) is 0 Å². The van der Waals surface area contributed by atoms with E-state index >= 15 is 0 Å². The van der Waals surface area contributed by atoms with Crippen molar-refractivity contribution in [1.82, 2.24) is 10.3 Å². The first-order valence-corrected chi connectivity index (χ1v) is 7.50. The fourth-order valence-corrected chi connectivity index (χ4v) is 3.46. The molecule has 0 unspecified atom stereocenters. The number of hydrogen-bond acceptors (Lipinski definition) is 6. The number of rotatable bonds is 6. The Hall–Kier alpha value is -0.690. The molecule has 1 fully saturated rings. The van der Waals surface area contributed by atoms with Crippen LogP contribution < -0.4 is 10.2 Å². The maximum Gasteiger partial charge on any atom is 0.185 e. The third-order valence-corrected chi connectivity index (χ3v) is 4.59. The van der Waals surface area contributed by atoms with Crippen LogP contribution in [-0.4, -0.2) is 45.4 Å². The summed E-state index contributed by atoms with van der Waals surface area (Å²) in [6.45, 7) is 3.49. The molecule has 0 aromatic carbocycles. The highest BCUT2D eigenvalue weighted by molar-refractivity contribution is 7.15. The molecule has 1 N–H and O–H groups in total. The number of nitrogens with one attached hydrogen (secondary N) is 1. The van der Waals surface area contributed by atoms with Crippen LogP contribution in [0.5, 0.6) is 0 Å². The molecule has 0 bridgehead atoms. The lowest BCUT2D eigenvalue weighted by molar-refractivity contribution is 0.0819. The predicted molar refractivity (Wildman–Crippen MR) is 77.8 cm³/mol. The van der Waals surface area contributed by atoms with Crippen molar-refractivity contribution in [1.29, 1.82) is 0 Å². The van der Waals surface area contributed by atoms with Crippen LogP contribution in [-0.2, 0) is 22.6 Å². The summed E-state index contributed by atoms with van der Waals surface area (Å²) in [6.07, 6.45) is 2.57. The van der Waals surface area contributed by atoms with Crippen LogP contribution >= 0.6 is 11.3 Å². The summed E-state index contributed by atoms with van der Waals surface area (Å²) in [5.41, 5.74) is 1.06. The molecule has 0 saturated carbocycles. The van der Waals surface area contributed by atoms with Crippen molar-refractivity contribution in [3.63, 3.8) is 0 Å². The fraction of sp³-hybridized carbons (Fsp3) is 0.769. The summed E-state index contributed by atoms with van der Waals surface area (Å²) in [5, 5.41) is 4.31. The molecule has 0 radical (unpaired) electrons. The molecule has 1 aliphatic heterocycles. The Balaban J connectivity index is 2.05. The van der Waals surface area contributed by atoms with Gasteiger partial charge < -0.3 is 19.7 Å². The van der Waals surface area contributed by atoms with Crippen molar-refractivity contribution < 1.29 is 9.47 Å². The normalized spacial score (nSPS) is 17.1. The van der Waals surface area contributed by atoms with Gasteiger partial charge in [0.25, 0.3) is 0 Å². The van der Waals surface area contributed by atoms with E-state index < -0.39 is 0 Å². The maximum atomic E-state index is 5.41. The van der Waals surface area contributed by atoms with E-state index in [1.54, 1.807) is 25.6 Å². The van der Waals surface area contributed by atoms with Crippen LogP contribution in [0.2, 0.25) is 0 Å². The Morgan fingerprint density at radius 3 is 2.68 bits per heavy atom. The van der Waals surface area contributed by atoms with Crippen molar-refractivity contribution in [3.8, 4) is 0 Å². The molecule has 2 rings (SSSR count). The van der Waals surface area contributed by atoms with E-state index in [0.29, 0.717) is 12.7 Å². The van der Waals surface area contributed by atoms with Gasteiger partial charge in [-0.15, -0.1) is 11.3 Å². The molecular formula is C13H23N3O2S. The van der Waals surface area contributed by atoms with Gasteiger partial charge in [0.15, 0.2) is 5.13 Å². The number of anilines is 1. The highest BCUT2D eigenvalue weighted by Crippen LogP contribution is 2.29. The summed E-state index contributed by atoms with van der Waals surface area (Å²) in [7, 11) is 5.47. The standard InChI is InChI=1S/C13H23N3O2S/c1-14-8-12-11(9-17-2)15-13(19-12)16-6-4-10(18-3)5-7-16/h10,14H,4-9H2,1-3H3. The summed E-state index contributed by atoms with van der Waals surface area (Å²) in [4.78, 5) is 8.36. The van der Waals surface area contributed by atoms with E-state index in [2.05, 4.69) is 10.2 Å². The highest BCUT2D eigenvalue weighted by atomic mass is 32.1. The molecule has 0 spiro atoms. The molecule has 1 aliphatic rings. The largest absolute Gasteiger partial charge is 0.381 e. The Morgan fingerprint density at radius 1 is 1.37 bits per heavy atom. The Labute approximate surface area is 118 Å². The first-order chi connectivity index (χ1) is 9.28. The van der Waals surface area contributed by atoms with Crippen LogP contribution in [0, 0.1) is 0 Å². The van der Waals surface area contributed by atoms with Crippen molar-refractivity contribution in [3.05, 3.63) is 10.6 Å². The molecule has 0 amide bonds. The summed E-state index contributed by atoms with van der Waals surface area (Å²) in [6, 6.07) is 0. The SMILES string of the molecule is CNCc1sc(N2CCC(OC)CC2)nc1COC. The number of methoxy groups -OCH3 is 2. The topological polar surface area (TPSA) is 46.6 Å². The first kappa shape index (κ1) is 14.7. The molecule has 108 valence electrons. The van der Waals surface area contributed by atoms with Gasteiger partial charge in [0.2, 0.25) is 0 Å². The molecule has 1 saturated heterocycles. The molecule has 5 nitrogen and oxygen atoms in total. The van der Waals surface area contributed by atoms with Gasteiger partial charge in [0.1, 0.15) is 0 Å². The van der Waals surface area contributed by atoms with Gasteiger partial charge in [-0.25, -0.2) is 4.98 Å². The molecular weight excluding hydrogens is 262 g/mol. The minimum Gasteiger partial charge on any atom is -0.381 e. The molecule has 6 heteroatoms. The van der Waals surface area contributed by atoms with Gasteiger partial charge >= 0.3 is 0 Å². The van der Waals surface area contributed by atoms with Gasteiger partial charge in [-0.3, -0.25) is 0 Å². The lowest BCUT2D eigenvalue weighted by atomic mass is 10.1. The predicted octanol–water partition coefficient (Wildman–Crippen LogP) is 1.62. The number of nitrogens with zero attached hydrogens (tertiary/aromatic N) is 2. The van der Waals surface area contributed by atoms with E-state index in [4.69, 9.17) is 14.5 Å². The maximum absolute atomic E-state index is 5.41. The highest BCUT2D eigenvalue weighted by Gasteiger charge is 2.22. The lowest BCUT2D eigenvalue weighted by Crippen LogP contribution is -2.36. The average Bonchev–Trinajstić information content (AvgIpc) is 2.83. The smallest absolute Gasteiger partial charge is 0.185 e. The minimum atomic E-state index is 0.409. The minimum absolute atomic E-state index is 0.409. The van der Waals surface area contributed by atoms with Gasteiger partial charge in [-0.1, -0.05) is 0 Å². The third kappa shape index (κ3) is 3.66. The second kappa shape index (κ2) is 7.19. The molecule has 19 heavy (non-hydrogen) atoms. The Bertz CT molecular complexity index is 366. The number of piperidine rings is 1. The first-order valence-electron chi connectivity index (χ1n) is 6.68. The zero-order valence-corrected chi connectivity index (χ0v) is 12.8. The van der Waals surface area contributed by atoms with Crippen molar-refractivity contribution in [2.24, 2.45) is 0 Å². The zero-order chi connectivity index (χ0) is 13.7. The van der Waals surface area contributed by atoms with Gasteiger partial charge in [-0.05, 0) is 19.9 Å². The summed E-state index contributed by atoms with van der Waals surface area (Å²) < 4.78 is 10.6. The average molecular weight is 285 g/mol. The molecule has 1 aromatic rings. The third-order valence-electron chi connectivity index (χ3n) is 3.43. The van der Waals surface area contributed by atoms with Crippen LogP contribution in [0.1, 0.15) is 23.4 Å². The van der Waals surface area contributed by atoms with Crippen LogP contribution in [0.25, 0.3) is 0 Å². The Morgan fingerprint density at radius 2 is 2.11 bits per heavy atom. The van der Waals surface area contributed by atoms with Crippen LogP contribution in [0.15, 0.2) is 0 Å². The van der Waals surface area contributed by atoms with E-state index in [9.17, 15) is 0 Å². The number of aromatic nitrogens is 1. The van der Waals surface area contributed by atoms with E-state index in [0.717, 1.165) is 43.3 Å². The van der Waals surface area contributed by atoms with Crippen LogP contribution in [0.4, 0.5) is 5.13 Å². The quantitative estimate of drug-likeness (QED) is 0.860. The van der Waals surface area contributed by atoms with Crippen molar-refractivity contribution in [2.45, 2.75) is 32.1 Å². The number of thiazole rings is 1. The monoisotopic (exact) mass is 285 g/mol. The zero-order valence-electron chi connectivity index (χ0n) is 11.9. The Kier molecular flexibility index (Phi) is 5.57. The number of hydrogen-bond donors (Lipinski definition) is 1. The molecule has 1 aromatic heterocycles. The summed E-state index contributed by atoms with van der Waals surface area (Å²) >= 11 is 1.77. The van der Waals surface area contributed by atoms with Gasteiger partial charge in [0, 0.05) is 38.7 Å².